The molecule has 0 atom stereocenters. The van der Waals surface area contributed by atoms with Crippen molar-refractivity contribution in [2.45, 2.75) is 13.3 Å². The molecule has 1 amide bonds. The monoisotopic (exact) mass is 235 g/mol. The van der Waals surface area contributed by atoms with Crippen LogP contribution in [0.4, 0.5) is 5.69 Å². The quantitative estimate of drug-likeness (QED) is 0.596. The highest BCUT2D eigenvalue weighted by Gasteiger charge is 2.14. The first kappa shape index (κ1) is 13.5. The van der Waals surface area contributed by atoms with Crippen LogP contribution in [0.25, 0.3) is 0 Å². The molecule has 4 nitrogen and oxygen atoms in total. The van der Waals surface area contributed by atoms with Gasteiger partial charge in [-0.15, -0.1) is 0 Å². The predicted octanol–water partition coefficient (Wildman–Crippen LogP) is 1.26. The second-order valence-electron chi connectivity index (χ2n) is 4.27. The summed E-state index contributed by atoms with van der Waals surface area (Å²) in [6.07, 6.45) is 0.935. The molecule has 0 aliphatic heterocycles. The minimum Gasteiger partial charge on any atom is -0.398 e. The van der Waals surface area contributed by atoms with Crippen molar-refractivity contribution in [2.24, 2.45) is 0 Å². The number of hydrogen-bond donors (Lipinski definition) is 2. The maximum atomic E-state index is 12.1. The zero-order chi connectivity index (χ0) is 12.8. The summed E-state index contributed by atoms with van der Waals surface area (Å²) in [6, 6.07) is 5.53. The third kappa shape index (κ3) is 3.75. The maximum absolute atomic E-state index is 12.1. The lowest BCUT2D eigenvalue weighted by atomic mass is 10.1. The Hall–Kier alpha value is -1.55. The maximum Gasteiger partial charge on any atom is 0.255 e. The summed E-state index contributed by atoms with van der Waals surface area (Å²) in [4.78, 5) is 13.8. The van der Waals surface area contributed by atoms with Crippen molar-refractivity contribution in [1.29, 1.82) is 0 Å². The van der Waals surface area contributed by atoms with Gasteiger partial charge in [0.15, 0.2) is 0 Å². The Morgan fingerprint density at radius 1 is 1.47 bits per heavy atom. The summed E-state index contributed by atoms with van der Waals surface area (Å²) in [5.41, 5.74) is 8.01. The largest absolute Gasteiger partial charge is 0.398 e. The van der Waals surface area contributed by atoms with Gasteiger partial charge in [0.2, 0.25) is 0 Å². The summed E-state index contributed by atoms with van der Waals surface area (Å²) < 4.78 is 0. The van der Waals surface area contributed by atoms with Gasteiger partial charge in [-0.1, -0.05) is 11.6 Å². The number of anilines is 1. The van der Waals surface area contributed by atoms with E-state index in [4.69, 9.17) is 5.73 Å². The third-order valence-corrected chi connectivity index (χ3v) is 2.71. The molecule has 94 valence electrons. The molecular weight excluding hydrogens is 214 g/mol. The number of hydrogen-bond acceptors (Lipinski definition) is 3. The van der Waals surface area contributed by atoms with Crippen LogP contribution < -0.4 is 11.1 Å². The number of nitrogens with two attached hydrogens (primary N) is 1. The van der Waals surface area contributed by atoms with E-state index in [2.05, 4.69) is 5.32 Å². The Kier molecular flexibility index (Phi) is 4.97. The van der Waals surface area contributed by atoms with E-state index in [9.17, 15) is 4.79 Å². The smallest absolute Gasteiger partial charge is 0.255 e. The molecule has 0 fully saturated rings. The zero-order valence-corrected chi connectivity index (χ0v) is 10.8. The number of aryl methyl sites for hydroxylation is 1. The minimum absolute atomic E-state index is 0.0118. The van der Waals surface area contributed by atoms with E-state index < -0.39 is 0 Å². The van der Waals surface area contributed by atoms with Crippen molar-refractivity contribution in [2.75, 3.05) is 32.9 Å². The van der Waals surface area contributed by atoms with Gasteiger partial charge in [0.25, 0.3) is 5.91 Å². The number of carbonyl (C=O) groups is 1. The van der Waals surface area contributed by atoms with Gasteiger partial charge in [-0.05, 0) is 39.1 Å². The molecule has 17 heavy (non-hydrogen) atoms. The van der Waals surface area contributed by atoms with Gasteiger partial charge < -0.3 is 16.0 Å². The van der Waals surface area contributed by atoms with Gasteiger partial charge >= 0.3 is 0 Å². The number of carbonyl (C=O) groups excluding carboxylic acids is 1. The lowest BCUT2D eigenvalue weighted by molar-refractivity contribution is 0.0794. The molecule has 0 aliphatic rings. The van der Waals surface area contributed by atoms with E-state index in [0.717, 1.165) is 25.1 Å². The molecule has 0 unspecified atom stereocenters. The molecule has 0 radical (unpaired) electrons. The SMILES string of the molecule is CNCCCN(C)C(=O)c1cc(C)ccc1N. The lowest BCUT2D eigenvalue weighted by Crippen LogP contribution is -2.30. The van der Waals surface area contributed by atoms with Gasteiger partial charge in [0.05, 0.1) is 5.56 Å². The molecule has 4 heteroatoms. The molecule has 0 bridgehead atoms. The number of benzene rings is 1. The van der Waals surface area contributed by atoms with Crippen LogP contribution in [0.1, 0.15) is 22.3 Å². The van der Waals surface area contributed by atoms with Crippen LogP contribution in [-0.4, -0.2) is 38.0 Å². The molecule has 1 aromatic rings. The summed E-state index contributed by atoms with van der Waals surface area (Å²) in [6.45, 7) is 3.59. The minimum atomic E-state index is -0.0118. The van der Waals surface area contributed by atoms with E-state index in [1.165, 1.54) is 0 Å². The molecule has 0 aromatic heterocycles. The van der Waals surface area contributed by atoms with Gasteiger partial charge in [-0.2, -0.15) is 0 Å². The summed E-state index contributed by atoms with van der Waals surface area (Å²) in [5.74, 6) is -0.0118. The van der Waals surface area contributed by atoms with Crippen molar-refractivity contribution in [3.05, 3.63) is 29.3 Å². The summed E-state index contributed by atoms with van der Waals surface area (Å²) in [5, 5.41) is 3.06. The van der Waals surface area contributed by atoms with E-state index in [0.29, 0.717) is 11.3 Å². The first-order valence-electron chi connectivity index (χ1n) is 5.82. The van der Waals surface area contributed by atoms with Crippen molar-refractivity contribution in [3.63, 3.8) is 0 Å². The van der Waals surface area contributed by atoms with Gasteiger partial charge in [0.1, 0.15) is 0 Å². The molecule has 3 N–H and O–H groups in total. The van der Waals surface area contributed by atoms with Gasteiger partial charge in [-0.25, -0.2) is 0 Å². The van der Waals surface area contributed by atoms with Gasteiger partial charge in [0, 0.05) is 19.3 Å². The van der Waals surface area contributed by atoms with Crippen molar-refractivity contribution in [3.8, 4) is 0 Å². The Balaban J connectivity index is 2.71. The second-order valence-corrected chi connectivity index (χ2v) is 4.27. The number of nitrogens with one attached hydrogen (secondary N) is 1. The van der Waals surface area contributed by atoms with E-state index in [1.54, 1.807) is 18.0 Å². The first-order chi connectivity index (χ1) is 8.06. The molecule has 0 saturated heterocycles. The lowest BCUT2D eigenvalue weighted by Gasteiger charge is -2.18. The standard InChI is InChI=1S/C13H21N3O/c1-10-5-6-12(14)11(9-10)13(17)16(3)8-4-7-15-2/h5-6,9,15H,4,7-8,14H2,1-3H3. The molecule has 0 saturated carbocycles. The van der Waals surface area contributed by atoms with Crippen LogP contribution in [-0.2, 0) is 0 Å². The Labute approximate surface area is 103 Å². The van der Waals surface area contributed by atoms with Crippen molar-refractivity contribution >= 4 is 11.6 Å². The van der Waals surface area contributed by atoms with Crippen molar-refractivity contribution < 1.29 is 4.79 Å². The van der Waals surface area contributed by atoms with Crippen LogP contribution >= 0.6 is 0 Å². The summed E-state index contributed by atoms with van der Waals surface area (Å²) >= 11 is 0. The highest BCUT2D eigenvalue weighted by molar-refractivity contribution is 5.99. The van der Waals surface area contributed by atoms with Crippen LogP contribution in [0, 0.1) is 6.92 Å². The first-order valence-corrected chi connectivity index (χ1v) is 5.82. The second kappa shape index (κ2) is 6.25. The third-order valence-electron chi connectivity index (χ3n) is 2.71. The zero-order valence-electron chi connectivity index (χ0n) is 10.8. The Morgan fingerprint density at radius 2 is 2.18 bits per heavy atom. The Morgan fingerprint density at radius 3 is 2.82 bits per heavy atom. The van der Waals surface area contributed by atoms with Gasteiger partial charge in [-0.3, -0.25) is 4.79 Å². The van der Waals surface area contributed by atoms with Crippen LogP contribution in [0.3, 0.4) is 0 Å². The number of amides is 1. The molecule has 0 aliphatic carbocycles. The average molecular weight is 235 g/mol. The topological polar surface area (TPSA) is 58.4 Å². The fourth-order valence-electron chi connectivity index (χ4n) is 1.66. The highest BCUT2D eigenvalue weighted by Crippen LogP contribution is 2.15. The predicted molar refractivity (Wildman–Crippen MR) is 71.1 cm³/mol. The van der Waals surface area contributed by atoms with Crippen molar-refractivity contribution in [1.82, 2.24) is 10.2 Å². The molecular formula is C13H21N3O. The number of nitrogen functional groups attached to an aromatic ring is 1. The summed E-state index contributed by atoms with van der Waals surface area (Å²) in [7, 11) is 3.71. The fraction of sp³-hybridized carbons (Fsp3) is 0.462. The molecule has 0 spiro atoms. The van der Waals surface area contributed by atoms with E-state index in [1.807, 2.05) is 26.1 Å². The average Bonchev–Trinajstić information content (AvgIpc) is 2.31. The Bertz CT molecular complexity index is 390. The number of nitrogens with zero attached hydrogens (tertiary/aromatic N) is 1. The molecule has 1 aromatic carbocycles. The van der Waals surface area contributed by atoms with E-state index in [-0.39, 0.29) is 5.91 Å². The molecule has 0 heterocycles. The normalized spacial score (nSPS) is 10.3. The number of rotatable bonds is 5. The van der Waals surface area contributed by atoms with Crippen LogP contribution in [0.5, 0.6) is 0 Å². The molecule has 1 rings (SSSR count). The van der Waals surface area contributed by atoms with Crippen LogP contribution in [0.2, 0.25) is 0 Å². The van der Waals surface area contributed by atoms with E-state index >= 15 is 0 Å². The highest BCUT2D eigenvalue weighted by atomic mass is 16.2. The fourth-order valence-corrected chi connectivity index (χ4v) is 1.66. The van der Waals surface area contributed by atoms with Crippen LogP contribution in [0.15, 0.2) is 18.2 Å².